The van der Waals surface area contributed by atoms with Crippen LogP contribution in [0.1, 0.15) is 37.7 Å². The van der Waals surface area contributed by atoms with Crippen molar-refractivity contribution in [3.63, 3.8) is 0 Å². The molecule has 0 amide bonds. The predicted molar refractivity (Wildman–Crippen MR) is 85.0 cm³/mol. The average molecular weight is 284 g/mol. The van der Waals surface area contributed by atoms with Crippen molar-refractivity contribution >= 4 is 0 Å². The predicted octanol–water partition coefficient (Wildman–Crippen LogP) is 3.82. The Hall–Kier alpha value is -1.79. The van der Waals surface area contributed by atoms with E-state index in [-0.39, 0.29) is 0 Å². The number of unbranched alkanes of at least 4 members (excludes halogenated alkanes) is 1. The topological polar surface area (TPSA) is 45.0 Å². The van der Waals surface area contributed by atoms with Crippen LogP contribution in [0.2, 0.25) is 0 Å². The van der Waals surface area contributed by atoms with Crippen LogP contribution in [0.3, 0.4) is 0 Å². The number of allylic oxidation sites excluding steroid dienone is 2. The molecular formula is C18H24N2O. The summed E-state index contributed by atoms with van der Waals surface area (Å²) in [5, 5.41) is 12.0. The van der Waals surface area contributed by atoms with Crippen LogP contribution in [-0.4, -0.2) is 13.2 Å². The van der Waals surface area contributed by atoms with Gasteiger partial charge in [-0.3, -0.25) is 0 Å². The highest BCUT2D eigenvalue weighted by molar-refractivity contribution is 5.28. The van der Waals surface area contributed by atoms with E-state index >= 15 is 0 Å². The molecule has 1 aromatic rings. The van der Waals surface area contributed by atoms with Crippen LogP contribution in [-0.2, 0) is 6.54 Å². The molecular weight excluding hydrogens is 260 g/mol. The van der Waals surface area contributed by atoms with Gasteiger partial charge >= 0.3 is 0 Å². The van der Waals surface area contributed by atoms with Crippen molar-refractivity contribution in [2.75, 3.05) is 13.2 Å². The van der Waals surface area contributed by atoms with Gasteiger partial charge in [0, 0.05) is 13.0 Å². The summed E-state index contributed by atoms with van der Waals surface area (Å²) in [6.07, 6.45) is 9.64. The molecule has 1 N–H and O–H groups in total. The van der Waals surface area contributed by atoms with E-state index in [0.717, 1.165) is 31.2 Å². The minimum atomic E-state index is 0.553. The fraction of sp³-hybridized carbons (Fsp3) is 0.500. The Bertz CT molecular complexity index is 490. The Labute approximate surface area is 127 Å². The van der Waals surface area contributed by atoms with Crippen LogP contribution in [0.15, 0.2) is 36.4 Å². The number of benzene rings is 1. The summed E-state index contributed by atoms with van der Waals surface area (Å²) in [6, 6.07) is 10.3. The maximum atomic E-state index is 8.49. The molecule has 0 fully saturated rings. The average Bonchev–Trinajstić information content (AvgIpc) is 2.53. The van der Waals surface area contributed by atoms with Crippen molar-refractivity contribution in [2.24, 2.45) is 5.92 Å². The molecule has 0 heterocycles. The van der Waals surface area contributed by atoms with E-state index in [4.69, 9.17) is 10.00 Å². The summed E-state index contributed by atoms with van der Waals surface area (Å²) in [7, 11) is 0. The van der Waals surface area contributed by atoms with Gasteiger partial charge in [-0.25, -0.2) is 0 Å². The summed E-state index contributed by atoms with van der Waals surface area (Å²) in [5.41, 5.74) is 1.25. The molecule has 0 aromatic heterocycles. The molecule has 0 saturated carbocycles. The zero-order chi connectivity index (χ0) is 14.8. The van der Waals surface area contributed by atoms with Gasteiger partial charge in [0.25, 0.3) is 0 Å². The van der Waals surface area contributed by atoms with Gasteiger partial charge in [-0.05, 0) is 55.8 Å². The fourth-order valence-corrected chi connectivity index (χ4v) is 2.55. The number of ether oxygens (including phenoxy) is 1. The molecule has 1 aliphatic carbocycles. The van der Waals surface area contributed by atoms with Crippen LogP contribution < -0.4 is 10.1 Å². The maximum absolute atomic E-state index is 8.49. The number of hydrogen-bond acceptors (Lipinski definition) is 3. The van der Waals surface area contributed by atoms with E-state index in [1.807, 2.05) is 12.1 Å². The molecule has 1 atom stereocenters. The smallest absolute Gasteiger partial charge is 0.119 e. The van der Waals surface area contributed by atoms with Crippen molar-refractivity contribution in [3.05, 3.63) is 42.0 Å². The lowest BCUT2D eigenvalue weighted by Crippen LogP contribution is -2.23. The van der Waals surface area contributed by atoms with Gasteiger partial charge in [-0.15, -0.1) is 0 Å². The van der Waals surface area contributed by atoms with Crippen LogP contribution in [0, 0.1) is 17.2 Å². The molecule has 1 aromatic carbocycles. The number of hydrogen-bond donors (Lipinski definition) is 1. The quantitative estimate of drug-likeness (QED) is 0.583. The molecule has 3 nitrogen and oxygen atoms in total. The summed E-state index contributed by atoms with van der Waals surface area (Å²) in [6.45, 7) is 2.58. The van der Waals surface area contributed by atoms with Gasteiger partial charge < -0.3 is 10.1 Å². The van der Waals surface area contributed by atoms with Crippen molar-refractivity contribution < 1.29 is 4.74 Å². The van der Waals surface area contributed by atoms with Crippen LogP contribution in [0.25, 0.3) is 0 Å². The Kier molecular flexibility index (Phi) is 6.83. The largest absolute Gasteiger partial charge is 0.494 e. The molecule has 3 heteroatoms. The highest BCUT2D eigenvalue weighted by Gasteiger charge is 2.08. The third-order valence-corrected chi connectivity index (χ3v) is 3.74. The van der Waals surface area contributed by atoms with Crippen LogP contribution in [0.5, 0.6) is 5.75 Å². The summed E-state index contributed by atoms with van der Waals surface area (Å²) < 4.78 is 5.66. The molecule has 0 radical (unpaired) electrons. The van der Waals surface area contributed by atoms with Gasteiger partial charge in [-0.2, -0.15) is 5.26 Å². The third-order valence-electron chi connectivity index (χ3n) is 3.74. The zero-order valence-corrected chi connectivity index (χ0v) is 12.6. The molecule has 0 bridgehead atoms. The molecule has 1 unspecified atom stereocenters. The van der Waals surface area contributed by atoms with E-state index in [1.165, 1.54) is 24.8 Å². The molecule has 2 rings (SSSR count). The van der Waals surface area contributed by atoms with Crippen LogP contribution >= 0.6 is 0 Å². The Balaban J connectivity index is 1.70. The molecule has 0 saturated heterocycles. The standard InChI is InChI=1S/C18H24N2O/c19-11-4-5-12-21-18-10-6-9-17(13-18)15-20-14-16-7-2-1-3-8-16/h1-2,6,9-10,13,16,20H,3-5,7-8,12,14-15H2. The molecule has 0 aliphatic heterocycles. The lowest BCUT2D eigenvalue weighted by Gasteiger charge is -2.18. The first-order valence-corrected chi connectivity index (χ1v) is 7.83. The molecule has 1 aliphatic rings. The summed E-state index contributed by atoms with van der Waals surface area (Å²) in [5.74, 6) is 1.67. The summed E-state index contributed by atoms with van der Waals surface area (Å²) >= 11 is 0. The third kappa shape index (κ3) is 6.01. The first kappa shape index (κ1) is 15.6. The van der Waals surface area contributed by atoms with Crippen molar-refractivity contribution in [1.82, 2.24) is 5.32 Å². The number of nitrogens with one attached hydrogen (secondary N) is 1. The molecule has 112 valence electrons. The normalized spacial score (nSPS) is 17.4. The fourth-order valence-electron chi connectivity index (χ4n) is 2.55. The van der Waals surface area contributed by atoms with Gasteiger partial charge in [0.1, 0.15) is 5.75 Å². The number of nitriles is 1. The second kappa shape index (κ2) is 9.20. The van der Waals surface area contributed by atoms with E-state index < -0.39 is 0 Å². The minimum absolute atomic E-state index is 0.553. The van der Waals surface area contributed by atoms with Gasteiger partial charge in [0.2, 0.25) is 0 Å². The monoisotopic (exact) mass is 284 g/mol. The molecule has 0 spiro atoms. The summed E-state index contributed by atoms with van der Waals surface area (Å²) in [4.78, 5) is 0. The minimum Gasteiger partial charge on any atom is -0.494 e. The second-order valence-corrected chi connectivity index (χ2v) is 5.54. The first-order chi connectivity index (χ1) is 10.4. The maximum Gasteiger partial charge on any atom is 0.119 e. The van der Waals surface area contributed by atoms with E-state index in [1.54, 1.807) is 0 Å². The number of nitrogens with zero attached hydrogens (tertiary/aromatic N) is 1. The SMILES string of the molecule is N#CCCCOc1cccc(CNCC2CC=CCC2)c1. The van der Waals surface area contributed by atoms with E-state index in [0.29, 0.717) is 13.0 Å². The Morgan fingerprint density at radius 3 is 3.10 bits per heavy atom. The van der Waals surface area contributed by atoms with E-state index in [9.17, 15) is 0 Å². The van der Waals surface area contributed by atoms with Gasteiger partial charge in [-0.1, -0.05) is 24.3 Å². The van der Waals surface area contributed by atoms with Crippen molar-refractivity contribution in [1.29, 1.82) is 5.26 Å². The highest BCUT2D eigenvalue weighted by atomic mass is 16.5. The van der Waals surface area contributed by atoms with Crippen molar-refractivity contribution in [3.8, 4) is 11.8 Å². The number of rotatable bonds is 8. The van der Waals surface area contributed by atoms with Gasteiger partial charge in [0.15, 0.2) is 0 Å². The Morgan fingerprint density at radius 1 is 1.33 bits per heavy atom. The zero-order valence-electron chi connectivity index (χ0n) is 12.6. The lowest BCUT2D eigenvalue weighted by molar-refractivity contribution is 0.312. The van der Waals surface area contributed by atoms with E-state index in [2.05, 4.69) is 35.7 Å². The van der Waals surface area contributed by atoms with Crippen molar-refractivity contribution in [2.45, 2.75) is 38.6 Å². The van der Waals surface area contributed by atoms with Crippen LogP contribution in [0.4, 0.5) is 0 Å². The second-order valence-electron chi connectivity index (χ2n) is 5.54. The molecule has 21 heavy (non-hydrogen) atoms. The van der Waals surface area contributed by atoms with Gasteiger partial charge in [0.05, 0.1) is 12.7 Å². The Morgan fingerprint density at radius 2 is 2.29 bits per heavy atom. The first-order valence-electron chi connectivity index (χ1n) is 7.83. The lowest BCUT2D eigenvalue weighted by atomic mass is 9.94. The highest BCUT2D eigenvalue weighted by Crippen LogP contribution is 2.17.